The van der Waals surface area contributed by atoms with Crippen molar-refractivity contribution in [2.75, 3.05) is 0 Å². The van der Waals surface area contributed by atoms with Gasteiger partial charge < -0.3 is 0 Å². The van der Waals surface area contributed by atoms with Crippen molar-refractivity contribution >= 4 is 8.80 Å². The smallest absolute Gasteiger partial charge is 0.267 e. The standard InChI is InChI=1S/C10H15Si.Li/c1-11(2)9-8-10-6-4-3-5-7-10;/h3-7H,8-9H2,1-2H3;/q-1;+1. The molecule has 0 spiro atoms. The van der Waals surface area contributed by atoms with Gasteiger partial charge in [0.15, 0.2) is 0 Å². The van der Waals surface area contributed by atoms with Crippen molar-refractivity contribution < 1.29 is 18.9 Å². The molecule has 2 heteroatoms. The Balaban J connectivity index is 0.00000121. The van der Waals surface area contributed by atoms with Gasteiger partial charge in [0.05, 0.1) is 0 Å². The van der Waals surface area contributed by atoms with Crippen LogP contribution in [0.1, 0.15) is 5.56 Å². The summed E-state index contributed by atoms with van der Waals surface area (Å²) in [4.78, 5) is 0. The molecular formula is C10H15LiSi. The van der Waals surface area contributed by atoms with Crippen molar-refractivity contribution in [1.82, 2.24) is 0 Å². The van der Waals surface area contributed by atoms with Crippen molar-refractivity contribution in [1.29, 1.82) is 0 Å². The van der Waals surface area contributed by atoms with Crippen LogP contribution < -0.4 is 18.9 Å². The third kappa shape index (κ3) is 4.82. The Labute approximate surface area is 89.2 Å². The molecule has 0 unspecified atom stereocenters. The molecule has 1 aromatic rings. The van der Waals surface area contributed by atoms with Crippen LogP contribution in [0, 0.1) is 0 Å². The summed E-state index contributed by atoms with van der Waals surface area (Å²) < 4.78 is 0. The minimum absolute atomic E-state index is 0. The molecular weight excluding hydrogens is 155 g/mol. The normalized spacial score (nSPS) is 9.58. The Morgan fingerprint density at radius 1 is 1.08 bits per heavy atom. The van der Waals surface area contributed by atoms with E-state index in [9.17, 15) is 0 Å². The Bertz CT molecular complexity index is 196. The van der Waals surface area contributed by atoms with Crippen molar-refractivity contribution in [3.05, 3.63) is 35.9 Å². The number of rotatable bonds is 3. The number of hydrogen-bond acceptors (Lipinski definition) is 0. The van der Waals surface area contributed by atoms with Crippen LogP contribution in [0.2, 0.25) is 19.1 Å². The monoisotopic (exact) mass is 170 g/mol. The van der Waals surface area contributed by atoms with E-state index in [1.807, 2.05) is 0 Å². The summed E-state index contributed by atoms with van der Waals surface area (Å²) in [6, 6.07) is 12.1. The molecule has 1 rings (SSSR count). The molecule has 0 bridgehead atoms. The molecule has 0 fully saturated rings. The first kappa shape index (κ1) is 12.0. The van der Waals surface area contributed by atoms with Crippen molar-refractivity contribution in [2.24, 2.45) is 0 Å². The van der Waals surface area contributed by atoms with Gasteiger partial charge >= 0.3 is 18.9 Å². The summed E-state index contributed by atoms with van der Waals surface area (Å²) >= 11 is 0. The van der Waals surface area contributed by atoms with E-state index in [-0.39, 0.29) is 27.7 Å². The maximum atomic E-state index is 2.37. The summed E-state index contributed by atoms with van der Waals surface area (Å²) in [5, 5.41) is 0. The van der Waals surface area contributed by atoms with Crippen LogP contribution in [-0.2, 0) is 6.42 Å². The Morgan fingerprint density at radius 2 is 1.67 bits per heavy atom. The van der Waals surface area contributed by atoms with Crippen molar-refractivity contribution in [3.63, 3.8) is 0 Å². The summed E-state index contributed by atoms with van der Waals surface area (Å²) in [5.41, 5.74) is 1.48. The summed E-state index contributed by atoms with van der Waals surface area (Å²) in [5.74, 6) is 0. The fourth-order valence-corrected chi connectivity index (χ4v) is 1.83. The number of hydrogen-bond donors (Lipinski definition) is 0. The van der Waals surface area contributed by atoms with Gasteiger partial charge in [0.25, 0.3) is 0 Å². The van der Waals surface area contributed by atoms with E-state index in [2.05, 4.69) is 43.4 Å². The Kier molecular flexibility index (Phi) is 6.56. The zero-order valence-corrected chi connectivity index (χ0v) is 9.30. The fraction of sp³-hybridized carbons (Fsp3) is 0.400. The van der Waals surface area contributed by atoms with Gasteiger partial charge in [0.1, 0.15) is 0 Å². The van der Waals surface area contributed by atoms with Crippen molar-refractivity contribution in [3.8, 4) is 0 Å². The largest absolute Gasteiger partial charge is 1.00 e. The predicted octanol–water partition coefficient (Wildman–Crippen LogP) is -0.0125. The molecule has 0 aliphatic heterocycles. The van der Waals surface area contributed by atoms with Gasteiger partial charge in [-0.15, -0.1) is 0 Å². The van der Waals surface area contributed by atoms with E-state index in [1.165, 1.54) is 18.0 Å². The maximum Gasteiger partial charge on any atom is 1.00 e. The fourth-order valence-electron chi connectivity index (χ4n) is 1.04. The van der Waals surface area contributed by atoms with Crippen LogP contribution in [0.3, 0.4) is 0 Å². The first-order valence-corrected chi connectivity index (χ1v) is 6.82. The average Bonchev–Trinajstić information content (AvgIpc) is 2.03. The van der Waals surface area contributed by atoms with E-state index in [0.717, 1.165) is 0 Å². The van der Waals surface area contributed by atoms with Crippen LogP contribution in [0.15, 0.2) is 30.3 Å². The topological polar surface area (TPSA) is 0 Å². The van der Waals surface area contributed by atoms with Gasteiger partial charge in [-0.3, -0.25) is 8.80 Å². The second-order valence-electron chi connectivity index (χ2n) is 3.19. The van der Waals surface area contributed by atoms with Gasteiger partial charge in [0, 0.05) is 0 Å². The minimum atomic E-state index is -0.0322. The van der Waals surface area contributed by atoms with E-state index < -0.39 is 0 Å². The molecule has 0 N–H and O–H groups in total. The molecule has 60 valence electrons. The molecule has 0 nitrogen and oxygen atoms in total. The van der Waals surface area contributed by atoms with Gasteiger partial charge in [-0.25, -0.2) is 0 Å². The molecule has 0 aliphatic rings. The molecule has 0 aliphatic carbocycles. The molecule has 0 aromatic heterocycles. The van der Waals surface area contributed by atoms with E-state index in [4.69, 9.17) is 0 Å². The van der Waals surface area contributed by atoms with Gasteiger partial charge in [0.2, 0.25) is 0 Å². The molecule has 1 aromatic carbocycles. The zero-order valence-electron chi connectivity index (χ0n) is 8.30. The molecule has 0 radical (unpaired) electrons. The van der Waals surface area contributed by atoms with Crippen LogP contribution in [-0.4, -0.2) is 8.80 Å². The van der Waals surface area contributed by atoms with Crippen LogP contribution in [0.25, 0.3) is 0 Å². The summed E-state index contributed by atoms with van der Waals surface area (Å²) in [6.07, 6.45) is 1.27. The maximum absolute atomic E-state index is 2.37. The third-order valence-corrected chi connectivity index (χ3v) is 3.01. The first-order chi connectivity index (χ1) is 5.29. The zero-order chi connectivity index (χ0) is 8.10. The quantitative estimate of drug-likeness (QED) is 0.560. The van der Waals surface area contributed by atoms with Crippen LogP contribution in [0.5, 0.6) is 0 Å². The van der Waals surface area contributed by atoms with Gasteiger partial charge in [-0.1, -0.05) is 42.3 Å². The molecule has 0 heterocycles. The molecule has 0 amide bonds. The predicted molar refractivity (Wildman–Crippen MR) is 52.4 cm³/mol. The van der Waals surface area contributed by atoms with Gasteiger partial charge in [-0.05, 0) is 0 Å². The molecule has 12 heavy (non-hydrogen) atoms. The van der Waals surface area contributed by atoms with Crippen molar-refractivity contribution in [2.45, 2.75) is 25.6 Å². The first-order valence-electron chi connectivity index (χ1n) is 4.12. The summed E-state index contributed by atoms with van der Waals surface area (Å²) in [7, 11) is -0.0322. The van der Waals surface area contributed by atoms with Crippen LogP contribution >= 0.6 is 0 Å². The Hall–Kier alpha value is 0.0343. The molecule has 0 saturated heterocycles. The number of benzene rings is 1. The van der Waals surface area contributed by atoms with E-state index in [1.54, 1.807) is 0 Å². The molecule has 0 atom stereocenters. The number of aryl methyl sites for hydroxylation is 1. The average molecular weight is 170 g/mol. The SMILES string of the molecule is C[Si-](C)CCc1ccccc1.[Li+]. The summed E-state index contributed by atoms with van der Waals surface area (Å²) in [6.45, 7) is 4.74. The second-order valence-corrected chi connectivity index (χ2v) is 6.11. The van der Waals surface area contributed by atoms with E-state index in [0.29, 0.717) is 0 Å². The molecule has 0 saturated carbocycles. The third-order valence-electron chi connectivity index (χ3n) is 1.76. The van der Waals surface area contributed by atoms with E-state index >= 15 is 0 Å². The second kappa shape index (κ2) is 6.54. The van der Waals surface area contributed by atoms with Crippen LogP contribution in [0.4, 0.5) is 0 Å². The minimum Gasteiger partial charge on any atom is -0.267 e. The van der Waals surface area contributed by atoms with Gasteiger partial charge in [-0.2, -0.15) is 19.1 Å². The Morgan fingerprint density at radius 3 is 2.17 bits per heavy atom.